The van der Waals surface area contributed by atoms with Gasteiger partial charge in [0, 0.05) is 47.6 Å². The summed E-state index contributed by atoms with van der Waals surface area (Å²) < 4.78 is 47.6. The number of aryl methyl sites for hydroxylation is 1. The number of amides is 1. The maximum absolute atomic E-state index is 12.7. The molecule has 0 aliphatic carbocycles. The SMILES string of the molecule is CCn1c2ccccc2c2cc(-c3nc4c(C(=O)NCC(F)(F)F)cccc4n3CCOC)ccc21. The van der Waals surface area contributed by atoms with Gasteiger partial charge in [-0.1, -0.05) is 24.3 Å². The molecule has 1 N–H and O–H groups in total. The summed E-state index contributed by atoms with van der Waals surface area (Å²) in [4.78, 5) is 17.4. The molecule has 5 aromatic rings. The Morgan fingerprint density at radius 2 is 1.72 bits per heavy atom. The molecule has 0 saturated heterocycles. The van der Waals surface area contributed by atoms with E-state index in [2.05, 4.69) is 35.8 Å². The van der Waals surface area contributed by atoms with Gasteiger partial charge in [-0.25, -0.2) is 4.98 Å². The number of imidazole rings is 1. The van der Waals surface area contributed by atoms with Gasteiger partial charge in [-0.05, 0) is 43.3 Å². The monoisotopic (exact) mass is 494 g/mol. The first kappa shape index (κ1) is 23.9. The Bertz CT molecular complexity index is 1580. The number of hydrogen-bond donors (Lipinski definition) is 1. The van der Waals surface area contributed by atoms with E-state index in [1.54, 1.807) is 13.2 Å². The molecule has 36 heavy (non-hydrogen) atoms. The molecule has 0 saturated carbocycles. The van der Waals surface area contributed by atoms with E-state index in [1.807, 2.05) is 34.1 Å². The van der Waals surface area contributed by atoms with E-state index in [9.17, 15) is 18.0 Å². The number of para-hydroxylation sites is 2. The van der Waals surface area contributed by atoms with E-state index in [0.717, 1.165) is 33.9 Å². The van der Waals surface area contributed by atoms with Crippen LogP contribution in [0.15, 0.2) is 60.7 Å². The van der Waals surface area contributed by atoms with Crippen LogP contribution in [0, 0.1) is 0 Å². The highest BCUT2D eigenvalue weighted by Gasteiger charge is 2.28. The molecule has 2 heterocycles. The highest BCUT2D eigenvalue weighted by atomic mass is 19.4. The third-order valence-electron chi connectivity index (χ3n) is 6.34. The lowest BCUT2D eigenvalue weighted by atomic mass is 10.1. The summed E-state index contributed by atoms with van der Waals surface area (Å²) in [5, 5.41) is 4.17. The Morgan fingerprint density at radius 3 is 2.47 bits per heavy atom. The largest absolute Gasteiger partial charge is 0.405 e. The van der Waals surface area contributed by atoms with Crippen molar-refractivity contribution >= 4 is 38.7 Å². The van der Waals surface area contributed by atoms with Crippen LogP contribution in [0.5, 0.6) is 0 Å². The van der Waals surface area contributed by atoms with E-state index >= 15 is 0 Å². The molecule has 2 aromatic heterocycles. The molecule has 0 bridgehead atoms. The van der Waals surface area contributed by atoms with Gasteiger partial charge < -0.3 is 19.2 Å². The van der Waals surface area contributed by atoms with Gasteiger partial charge in [0.25, 0.3) is 5.91 Å². The number of benzene rings is 3. The van der Waals surface area contributed by atoms with Crippen LogP contribution < -0.4 is 5.32 Å². The Morgan fingerprint density at radius 1 is 0.972 bits per heavy atom. The molecule has 0 unspecified atom stereocenters. The van der Waals surface area contributed by atoms with Crippen molar-refractivity contribution in [3.8, 4) is 11.4 Å². The van der Waals surface area contributed by atoms with Crippen molar-refractivity contribution < 1.29 is 22.7 Å². The lowest BCUT2D eigenvalue weighted by Gasteiger charge is -2.10. The standard InChI is InChI=1S/C27H25F3N4O2/c1-3-33-21-9-5-4-7-18(21)20-15-17(11-12-22(20)33)25-32-24-19(26(35)31-16-27(28,29)30)8-6-10-23(24)34(25)13-14-36-2/h4-12,15H,3,13-14,16H2,1-2H3,(H,31,35). The summed E-state index contributed by atoms with van der Waals surface area (Å²) in [6.07, 6.45) is -4.50. The second kappa shape index (κ2) is 9.31. The van der Waals surface area contributed by atoms with Crippen LogP contribution in [0.25, 0.3) is 44.2 Å². The van der Waals surface area contributed by atoms with Crippen molar-refractivity contribution in [3.05, 3.63) is 66.2 Å². The number of fused-ring (bicyclic) bond motifs is 4. The van der Waals surface area contributed by atoms with Crippen LogP contribution in [-0.4, -0.2) is 46.5 Å². The van der Waals surface area contributed by atoms with E-state index < -0.39 is 18.6 Å². The van der Waals surface area contributed by atoms with Gasteiger partial charge in [0.05, 0.1) is 17.7 Å². The first-order valence-corrected chi connectivity index (χ1v) is 11.7. The number of carbonyl (C=O) groups is 1. The van der Waals surface area contributed by atoms with E-state index in [0.29, 0.717) is 30.0 Å². The van der Waals surface area contributed by atoms with Crippen LogP contribution in [0.1, 0.15) is 17.3 Å². The van der Waals surface area contributed by atoms with E-state index in [4.69, 9.17) is 9.72 Å². The number of rotatable bonds is 7. The van der Waals surface area contributed by atoms with Gasteiger partial charge in [0.1, 0.15) is 17.9 Å². The van der Waals surface area contributed by atoms with Crippen LogP contribution in [0.4, 0.5) is 13.2 Å². The van der Waals surface area contributed by atoms with Crippen LogP contribution in [0.3, 0.4) is 0 Å². The lowest BCUT2D eigenvalue weighted by Crippen LogP contribution is -2.33. The van der Waals surface area contributed by atoms with Gasteiger partial charge in [-0.15, -0.1) is 0 Å². The zero-order valence-corrected chi connectivity index (χ0v) is 19.9. The van der Waals surface area contributed by atoms with Crippen LogP contribution in [-0.2, 0) is 17.8 Å². The van der Waals surface area contributed by atoms with E-state index in [-0.39, 0.29) is 5.56 Å². The van der Waals surface area contributed by atoms with Gasteiger partial charge >= 0.3 is 6.18 Å². The fourth-order valence-electron chi connectivity index (χ4n) is 4.77. The topological polar surface area (TPSA) is 61.1 Å². The van der Waals surface area contributed by atoms with Crippen molar-refractivity contribution in [2.75, 3.05) is 20.3 Å². The molecule has 186 valence electrons. The number of ether oxygens (including phenoxy) is 1. The highest BCUT2D eigenvalue weighted by Crippen LogP contribution is 2.34. The summed E-state index contributed by atoms with van der Waals surface area (Å²) in [5.41, 5.74) is 4.18. The average molecular weight is 495 g/mol. The summed E-state index contributed by atoms with van der Waals surface area (Å²) in [6, 6.07) is 19.3. The van der Waals surface area contributed by atoms with Gasteiger partial charge in [-0.2, -0.15) is 13.2 Å². The average Bonchev–Trinajstić information content (AvgIpc) is 3.40. The van der Waals surface area contributed by atoms with Crippen molar-refractivity contribution in [2.24, 2.45) is 0 Å². The lowest BCUT2D eigenvalue weighted by molar-refractivity contribution is -0.123. The number of methoxy groups -OCH3 is 1. The molecular weight excluding hydrogens is 469 g/mol. The summed E-state index contributed by atoms with van der Waals surface area (Å²) in [5.74, 6) is -0.198. The van der Waals surface area contributed by atoms with Crippen molar-refractivity contribution in [2.45, 2.75) is 26.2 Å². The minimum atomic E-state index is -4.50. The zero-order chi connectivity index (χ0) is 25.4. The van der Waals surface area contributed by atoms with Crippen LogP contribution in [0.2, 0.25) is 0 Å². The predicted molar refractivity (Wildman–Crippen MR) is 134 cm³/mol. The van der Waals surface area contributed by atoms with Gasteiger partial charge in [-0.3, -0.25) is 4.79 Å². The molecule has 3 aromatic carbocycles. The smallest absolute Gasteiger partial charge is 0.383 e. The number of aromatic nitrogens is 3. The maximum atomic E-state index is 12.7. The van der Waals surface area contributed by atoms with Crippen molar-refractivity contribution in [3.63, 3.8) is 0 Å². The molecule has 0 radical (unpaired) electrons. The molecule has 5 rings (SSSR count). The van der Waals surface area contributed by atoms with E-state index in [1.165, 1.54) is 6.07 Å². The highest BCUT2D eigenvalue weighted by molar-refractivity contribution is 6.10. The quantitative estimate of drug-likeness (QED) is 0.313. The molecular formula is C27H25F3N4O2. The Kier molecular flexibility index (Phi) is 6.17. The fraction of sp³-hybridized carbons (Fsp3) is 0.259. The molecule has 0 fully saturated rings. The Hall–Kier alpha value is -3.85. The molecule has 0 spiro atoms. The molecule has 0 atom stereocenters. The normalized spacial score (nSPS) is 12.1. The second-order valence-corrected chi connectivity index (χ2v) is 8.54. The summed E-state index contributed by atoms with van der Waals surface area (Å²) in [6.45, 7) is 2.39. The second-order valence-electron chi connectivity index (χ2n) is 8.54. The van der Waals surface area contributed by atoms with Gasteiger partial charge in [0.15, 0.2) is 0 Å². The third kappa shape index (κ3) is 4.19. The minimum Gasteiger partial charge on any atom is -0.383 e. The Balaban J connectivity index is 1.68. The molecule has 0 aliphatic heterocycles. The molecule has 1 amide bonds. The molecule has 0 aliphatic rings. The predicted octanol–water partition coefficient (Wildman–Crippen LogP) is 5.77. The first-order valence-electron chi connectivity index (χ1n) is 11.7. The zero-order valence-electron chi connectivity index (χ0n) is 19.9. The number of hydrogen-bond acceptors (Lipinski definition) is 3. The number of halogens is 3. The number of alkyl halides is 3. The summed E-state index contributed by atoms with van der Waals surface area (Å²) in [7, 11) is 1.60. The number of nitrogens with zero attached hydrogens (tertiary/aromatic N) is 3. The molecule has 9 heteroatoms. The maximum Gasteiger partial charge on any atom is 0.405 e. The minimum absolute atomic E-state index is 0.0952. The van der Waals surface area contributed by atoms with Crippen molar-refractivity contribution in [1.82, 2.24) is 19.4 Å². The Labute approximate surface area is 205 Å². The van der Waals surface area contributed by atoms with Crippen molar-refractivity contribution in [1.29, 1.82) is 0 Å². The number of nitrogens with one attached hydrogen (secondary N) is 1. The third-order valence-corrected chi connectivity index (χ3v) is 6.34. The fourth-order valence-corrected chi connectivity index (χ4v) is 4.77. The van der Waals surface area contributed by atoms with Gasteiger partial charge in [0.2, 0.25) is 0 Å². The van der Waals surface area contributed by atoms with Crippen LogP contribution >= 0.6 is 0 Å². The molecule has 6 nitrogen and oxygen atoms in total. The summed E-state index contributed by atoms with van der Waals surface area (Å²) >= 11 is 0. The number of carbonyl (C=O) groups excluding carboxylic acids is 1. The first-order chi connectivity index (χ1) is 17.3.